The van der Waals surface area contributed by atoms with Crippen molar-refractivity contribution in [3.63, 3.8) is 0 Å². The number of anilines is 1. The molecule has 7 heteroatoms. The number of piperidine rings is 1. The highest BCUT2D eigenvalue weighted by Crippen LogP contribution is 2.41. The van der Waals surface area contributed by atoms with Gasteiger partial charge in [-0.25, -0.2) is 0 Å². The number of morpholine rings is 1. The summed E-state index contributed by atoms with van der Waals surface area (Å²) < 4.78 is 5.38. The van der Waals surface area contributed by atoms with E-state index in [4.69, 9.17) is 4.74 Å². The van der Waals surface area contributed by atoms with Crippen molar-refractivity contribution in [2.75, 3.05) is 44.3 Å². The molecule has 1 aromatic heterocycles. The summed E-state index contributed by atoms with van der Waals surface area (Å²) in [6.07, 6.45) is 0.963. The third-order valence-corrected chi connectivity index (χ3v) is 6.85. The average molecular weight is 428 g/mol. The smallest absolute Gasteiger partial charge is 0.227 e. The molecule has 4 rings (SSSR count). The van der Waals surface area contributed by atoms with Crippen molar-refractivity contribution in [2.45, 2.75) is 25.8 Å². The van der Waals surface area contributed by atoms with Gasteiger partial charge >= 0.3 is 0 Å². The lowest BCUT2D eigenvalue weighted by Gasteiger charge is -2.40. The minimum absolute atomic E-state index is 0.0336. The summed E-state index contributed by atoms with van der Waals surface area (Å²) in [5, 5.41) is 5.14. The molecule has 0 radical (unpaired) electrons. The number of nitrogens with zero attached hydrogens (tertiary/aromatic N) is 2. The number of rotatable bonds is 6. The second-order valence-corrected chi connectivity index (χ2v) is 8.93. The Morgan fingerprint density at radius 2 is 1.97 bits per heavy atom. The third kappa shape index (κ3) is 4.74. The van der Waals surface area contributed by atoms with Gasteiger partial charge in [0.05, 0.1) is 25.2 Å². The number of hydrogen-bond acceptors (Lipinski definition) is 5. The van der Waals surface area contributed by atoms with Gasteiger partial charge in [-0.15, -0.1) is 11.3 Å². The monoisotopic (exact) mass is 427 g/mol. The van der Waals surface area contributed by atoms with E-state index in [9.17, 15) is 9.59 Å². The first-order chi connectivity index (χ1) is 14.6. The predicted molar refractivity (Wildman–Crippen MR) is 119 cm³/mol. The van der Waals surface area contributed by atoms with Crippen LogP contribution in [0.3, 0.4) is 0 Å². The van der Waals surface area contributed by atoms with Crippen molar-refractivity contribution < 1.29 is 14.3 Å². The van der Waals surface area contributed by atoms with Crippen LogP contribution in [0.4, 0.5) is 5.69 Å². The van der Waals surface area contributed by atoms with Crippen LogP contribution in [0.1, 0.15) is 29.3 Å². The van der Waals surface area contributed by atoms with Crippen LogP contribution in [0.2, 0.25) is 0 Å². The van der Waals surface area contributed by atoms with E-state index in [1.165, 1.54) is 0 Å². The average Bonchev–Trinajstić information content (AvgIpc) is 3.29. The number of nitrogens with one attached hydrogen (secondary N) is 1. The molecule has 1 aromatic carbocycles. The zero-order valence-electron chi connectivity index (χ0n) is 17.4. The van der Waals surface area contributed by atoms with Crippen molar-refractivity contribution in [1.29, 1.82) is 0 Å². The van der Waals surface area contributed by atoms with E-state index in [2.05, 4.69) is 10.2 Å². The molecule has 2 aliphatic heterocycles. The molecule has 2 aromatic rings. The lowest BCUT2D eigenvalue weighted by Crippen LogP contribution is -2.49. The number of ether oxygens (including phenoxy) is 1. The first-order valence-electron chi connectivity index (χ1n) is 10.6. The zero-order valence-corrected chi connectivity index (χ0v) is 18.2. The van der Waals surface area contributed by atoms with Gasteiger partial charge < -0.3 is 15.0 Å². The Balaban J connectivity index is 1.51. The molecule has 2 amide bonds. The van der Waals surface area contributed by atoms with Crippen LogP contribution in [-0.4, -0.2) is 56.1 Å². The van der Waals surface area contributed by atoms with Gasteiger partial charge in [0, 0.05) is 43.2 Å². The lowest BCUT2D eigenvalue weighted by molar-refractivity contribution is -0.129. The van der Waals surface area contributed by atoms with Crippen molar-refractivity contribution >= 4 is 28.8 Å². The van der Waals surface area contributed by atoms with Crippen molar-refractivity contribution in [1.82, 2.24) is 10.2 Å². The summed E-state index contributed by atoms with van der Waals surface area (Å²) in [4.78, 5) is 31.3. The summed E-state index contributed by atoms with van der Waals surface area (Å²) in [6, 6.07) is 11.7. The minimum atomic E-state index is -0.266. The summed E-state index contributed by atoms with van der Waals surface area (Å²) >= 11 is 1.60. The molecule has 0 bridgehead atoms. The first kappa shape index (κ1) is 21.0. The molecule has 1 N–H and O–H groups in total. The first-order valence-corrected chi connectivity index (χ1v) is 11.5. The second kappa shape index (κ2) is 9.73. The van der Waals surface area contributed by atoms with E-state index in [-0.39, 0.29) is 23.8 Å². The molecule has 0 aliphatic carbocycles. The van der Waals surface area contributed by atoms with Gasteiger partial charge in [-0.1, -0.05) is 23.8 Å². The van der Waals surface area contributed by atoms with Crippen molar-refractivity contribution in [3.8, 4) is 0 Å². The molecule has 6 nitrogen and oxygen atoms in total. The fourth-order valence-electron chi connectivity index (χ4n) is 4.25. The van der Waals surface area contributed by atoms with Gasteiger partial charge in [0.15, 0.2) is 0 Å². The topological polar surface area (TPSA) is 61.9 Å². The minimum Gasteiger partial charge on any atom is -0.379 e. The number of amides is 2. The molecule has 0 spiro atoms. The maximum Gasteiger partial charge on any atom is 0.227 e. The van der Waals surface area contributed by atoms with E-state index < -0.39 is 0 Å². The van der Waals surface area contributed by atoms with Gasteiger partial charge in [0.25, 0.3) is 0 Å². The van der Waals surface area contributed by atoms with Crippen LogP contribution >= 0.6 is 11.3 Å². The molecular weight excluding hydrogens is 398 g/mol. The molecule has 2 atom stereocenters. The number of carbonyl (C=O) groups is 2. The number of thiophene rings is 1. The Morgan fingerprint density at radius 1 is 1.20 bits per heavy atom. The lowest BCUT2D eigenvalue weighted by atomic mass is 9.86. The Hall–Kier alpha value is -2.22. The predicted octanol–water partition coefficient (Wildman–Crippen LogP) is 2.99. The Labute approximate surface area is 181 Å². The maximum atomic E-state index is 13.2. The van der Waals surface area contributed by atoms with Gasteiger partial charge in [-0.3, -0.25) is 14.5 Å². The van der Waals surface area contributed by atoms with Gasteiger partial charge in [-0.2, -0.15) is 0 Å². The number of benzene rings is 1. The van der Waals surface area contributed by atoms with E-state index in [0.29, 0.717) is 19.4 Å². The van der Waals surface area contributed by atoms with Crippen LogP contribution in [-0.2, 0) is 14.3 Å². The van der Waals surface area contributed by atoms with Gasteiger partial charge in [0.1, 0.15) is 0 Å². The van der Waals surface area contributed by atoms with Crippen molar-refractivity contribution in [3.05, 3.63) is 52.2 Å². The van der Waals surface area contributed by atoms with E-state index in [1.807, 2.05) is 53.6 Å². The van der Waals surface area contributed by atoms with E-state index in [0.717, 1.165) is 49.0 Å². The highest BCUT2D eigenvalue weighted by Gasteiger charge is 2.41. The maximum absolute atomic E-state index is 13.2. The van der Waals surface area contributed by atoms with E-state index >= 15 is 0 Å². The highest BCUT2D eigenvalue weighted by atomic mass is 32.1. The SMILES string of the molecule is Cc1ccc(N2C(=O)CCC(C(=O)NCCN3CCOCC3)C2c2cccs2)cc1. The second-order valence-electron chi connectivity index (χ2n) is 7.95. The summed E-state index contributed by atoms with van der Waals surface area (Å²) in [5.41, 5.74) is 2.00. The van der Waals surface area contributed by atoms with E-state index in [1.54, 1.807) is 11.3 Å². The number of hydrogen-bond donors (Lipinski definition) is 1. The molecule has 0 saturated carbocycles. The molecule has 2 aliphatic rings. The highest BCUT2D eigenvalue weighted by molar-refractivity contribution is 7.10. The van der Waals surface area contributed by atoms with Crippen molar-refractivity contribution in [2.24, 2.45) is 5.92 Å². The molecule has 30 heavy (non-hydrogen) atoms. The quantitative estimate of drug-likeness (QED) is 0.770. The molecule has 2 unspecified atom stereocenters. The molecule has 2 fully saturated rings. The molecular formula is C23H29N3O3S. The van der Waals surface area contributed by atoms with Crippen LogP contribution < -0.4 is 10.2 Å². The normalized spacial score (nSPS) is 22.8. The fourth-order valence-corrected chi connectivity index (χ4v) is 5.14. The molecule has 160 valence electrons. The summed E-state index contributed by atoms with van der Waals surface area (Å²) in [7, 11) is 0. The van der Waals surface area contributed by atoms with Crippen LogP contribution in [0, 0.1) is 12.8 Å². The molecule has 3 heterocycles. The van der Waals surface area contributed by atoms with Crippen LogP contribution in [0.15, 0.2) is 41.8 Å². The zero-order chi connectivity index (χ0) is 20.9. The number of aryl methyl sites for hydroxylation is 1. The fraction of sp³-hybridized carbons (Fsp3) is 0.478. The van der Waals surface area contributed by atoms with Crippen LogP contribution in [0.25, 0.3) is 0 Å². The molecule has 2 saturated heterocycles. The van der Waals surface area contributed by atoms with Gasteiger partial charge in [0.2, 0.25) is 11.8 Å². The third-order valence-electron chi connectivity index (χ3n) is 5.91. The number of carbonyl (C=O) groups excluding carboxylic acids is 2. The van der Waals surface area contributed by atoms with Gasteiger partial charge in [-0.05, 0) is 36.9 Å². The summed E-state index contributed by atoms with van der Waals surface area (Å²) in [6.45, 7) is 6.80. The van der Waals surface area contributed by atoms with Crippen LogP contribution in [0.5, 0.6) is 0 Å². The largest absolute Gasteiger partial charge is 0.379 e. The Kier molecular flexibility index (Phi) is 6.82. The standard InChI is InChI=1S/C23H29N3O3S/c1-17-4-6-18(7-5-17)26-21(27)9-8-19(22(26)20-3-2-16-30-20)23(28)24-10-11-25-12-14-29-15-13-25/h2-7,16,19,22H,8-15H2,1H3,(H,24,28). The Morgan fingerprint density at radius 3 is 2.67 bits per heavy atom. The Bertz CT molecular complexity index is 847. The summed E-state index contributed by atoms with van der Waals surface area (Å²) in [5.74, 6) is -0.145.